The van der Waals surface area contributed by atoms with Gasteiger partial charge in [-0.3, -0.25) is 4.79 Å². The predicted molar refractivity (Wildman–Crippen MR) is 77.7 cm³/mol. The molecule has 1 saturated heterocycles. The number of piperidine rings is 1. The maximum atomic E-state index is 12.0. The summed E-state index contributed by atoms with van der Waals surface area (Å²) in [7, 11) is 0. The number of amides is 1. The number of nitrogens with one attached hydrogen (secondary N) is 2. The Labute approximate surface area is 119 Å². The van der Waals surface area contributed by atoms with E-state index in [2.05, 4.69) is 10.6 Å². The lowest BCUT2D eigenvalue weighted by Crippen LogP contribution is -2.37. The Morgan fingerprint density at radius 1 is 1.50 bits per heavy atom. The van der Waals surface area contributed by atoms with Gasteiger partial charge >= 0.3 is 0 Å². The molecule has 2 N–H and O–H groups in total. The first-order chi connectivity index (χ1) is 8.16. The summed E-state index contributed by atoms with van der Waals surface area (Å²) < 4.78 is 0. The summed E-state index contributed by atoms with van der Waals surface area (Å²) in [5, 5.41) is 6.84. The van der Waals surface area contributed by atoms with Gasteiger partial charge in [-0.2, -0.15) is 0 Å². The monoisotopic (exact) mass is 288 g/mol. The van der Waals surface area contributed by atoms with Gasteiger partial charge in [0, 0.05) is 17.3 Å². The molecule has 1 aliphatic heterocycles. The molecule has 1 aromatic rings. The number of carbonyl (C=O) groups is 1. The zero-order valence-corrected chi connectivity index (χ0v) is 11.9. The van der Waals surface area contributed by atoms with Gasteiger partial charge in [-0.1, -0.05) is 17.7 Å². The van der Waals surface area contributed by atoms with E-state index in [0.29, 0.717) is 5.02 Å². The highest BCUT2D eigenvalue weighted by Gasteiger charge is 2.21. The number of hydrogen-bond acceptors (Lipinski definition) is 2. The van der Waals surface area contributed by atoms with E-state index in [9.17, 15) is 4.79 Å². The lowest BCUT2D eigenvalue weighted by atomic mass is 9.98. The summed E-state index contributed by atoms with van der Waals surface area (Å²) in [4.78, 5) is 12.0. The van der Waals surface area contributed by atoms with Crippen molar-refractivity contribution < 1.29 is 4.79 Å². The number of anilines is 1. The Morgan fingerprint density at radius 3 is 2.94 bits per heavy atom. The molecule has 1 aromatic carbocycles. The van der Waals surface area contributed by atoms with Crippen molar-refractivity contribution in [3.63, 3.8) is 0 Å². The Morgan fingerprint density at radius 2 is 2.28 bits per heavy atom. The van der Waals surface area contributed by atoms with Crippen molar-refractivity contribution >= 4 is 35.6 Å². The fourth-order valence-electron chi connectivity index (χ4n) is 2.04. The smallest absolute Gasteiger partial charge is 0.228 e. The van der Waals surface area contributed by atoms with Gasteiger partial charge in [-0.15, -0.1) is 12.4 Å². The van der Waals surface area contributed by atoms with Crippen molar-refractivity contribution in [2.24, 2.45) is 5.92 Å². The van der Waals surface area contributed by atoms with Crippen molar-refractivity contribution in [3.05, 3.63) is 28.8 Å². The second-order valence-electron chi connectivity index (χ2n) is 4.49. The van der Waals surface area contributed by atoms with Crippen LogP contribution in [0, 0.1) is 12.8 Å². The quantitative estimate of drug-likeness (QED) is 0.878. The highest BCUT2D eigenvalue weighted by atomic mass is 35.5. The molecule has 0 aromatic heterocycles. The number of halogens is 2. The van der Waals surface area contributed by atoms with E-state index in [1.54, 1.807) is 6.07 Å². The van der Waals surface area contributed by atoms with Crippen LogP contribution < -0.4 is 10.6 Å². The van der Waals surface area contributed by atoms with E-state index in [0.717, 1.165) is 37.2 Å². The number of benzene rings is 1. The van der Waals surface area contributed by atoms with Crippen LogP contribution in [0.15, 0.2) is 18.2 Å². The van der Waals surface area contributed by atoms with Gasteiger partial charge < -0.3 is 10.6 Å². The van der Waals surface area contributed by atoms with Crippen LogP contribution >= 0.6 is 24.0 Å². The molecule has 0 saturated carbocycles. The lowest BCUT2D eigenvalue weighted by Gasteiger charge is -2.22. The average Bonchev–Trinajstić information content (AvgIpc) is 2.35. The predicted octanol–water partition coefficient (Wildman–Crippen LogP) is 3.01. The van der Waals surface area contributed by atoms with Crippen LogP contribution in [-0.2, 0) is 4.79 Å². The molecule has 2 rings (SSSR count). The summed E-state index contributed by atoms with van der Waals surface area (Å²) in [5.74, 6) is 0.157. The molecule has 0 bridgehead atoms. The molecular formula is C13H18Cl2N2O. The SMILES string of the molecule is Cc1ccc(Cl)cc1NC(=O)C1CCCNC1.Cl. The molecule has 1 unspecified atom stereocenters. The largest absolute Gasteiger partial charge is 0.326 e. The Balaban J connectivity index is 0.00000162. The van der Waals surface area contributed by atoms with Gasteiger partial charge in [0.05, 0.1) is 5.92 Å². The molecule has 0 aliphatic carbocycles. The molecule has 1 atom stereocenters. The Bertz CT molecular complexity index is 417. The second-order valence-corrected chi connectivity index (χ2v) is 4.93. The van der Waals surface area contributed by atoms with Crippen molar-refractivity contribution in [3.8, 4) is 0 Å². The number of rotatable bonds is 2. The van der Waals surface area contributed by atoms with E-state index < -0.39 is 0 Å². The van der Waals surface area contributed by atoms with Crippen LogP contribution in [-0.4, -0.2) is 19.0 Å². The Kier molecular flexibility index (Phi) is 5.93. The zero-order valence-electron chi connectivity index (χ0n) is 10.3. The van der Waals surface area contributed by atoms with Crippen LogP contribution in [0.4, 0.5) is 5.69 Å². The van der Waals surface area contributed by atoms with Crippen molar-refractivity contribution in [2.75, 3.05) is 18.4 Å². The average molecular weight is 289 g/mol. The molecule has 5 heteroatoms. The lowest BCUT2D eigenvalue weighted by molar-refractivity contribution is -0.120. The van der Waals surface area contributed by atoms with Crippen LogP contribution in [0.2, 0.25) is 5.02 Å². The van der Waals surface area contributed by atoms with E-state index in [1.807, 2.05) is 19.1 Å². The van der Waals surface area contributed by atoms with Crippen LogP contribution in [0.3, 0.4) is 0 Å². The number of hydrogen-bond donors (Lipinski definition) is 2. The second kappa shape index (κ2) is 6.98. The van der Waals surface area contributed by atoms with Crippen molar-refractivity contribution in [1.29, 1.82) is 0 Å². The summed E-state index contributed by atoms with van der Waals surface area (Å²) in [5.41, 5.74) is 1.85. The van der Waals surface area contributed by atoms with Crippen molar-refractivity contribution in [1.82, 2.24) is 5.32 Å². The van der Waals surface area contributed by atoms with Crippen molar-refractivity contribution in [2.45, 2.75) is 19.8 Å². The normalized spacial score (nSPS) is 18.9. The van der Waals surface area contributed by atoms with E-state index in [1.165, 1.54) is 0 Å². The molecule has 0 radical (unpaired) electrons. The summed E-state index contributed by atoms with van der Waals surface area (Å²) in [6, 6.07) is 5.54. The Hall–Kier alpha value is -0.770. The highest BCUT2D eigenvalue weighted by molar-refractivity contribution is 6.31. The van der Waals surface area contributed by atoms with Gasteiger partial charge in [0.25, 0.3) is 0 Å². The molecule has 18 heavy (non-hydrogen) atoms. The van der Waals surface area contributed by atoms with Gasteiger partial charge in [-0.25, -0.2) is 0 Å². The summed E-state index contributed by atoms with van der Waals surface area (Å²) in [6.45, 7) is 3.75. The highest BCUT2D eigenvalue weighted by Crippen LogP contribution is 2.21. The van der Waals surface area contributed by atoms with Gasteiger partial charge in [0.1, 0.15) is 0 Å². The van der Waals surface area contributed by atoms with Crippen LogP contribution in [0.5, 0.6) is 0 Å². The first-order valence-corrected chi connectivity index (χ1v) is 6.32. The minimum atomic E-state index is 0. The molecule has 100 valence electrons. The van der Waals surface area contributed by atoms with Crippen LogP contribution in [0.25, 0.3) is 0 Å². The summed E-state index contributed by atoms with van der Waals surface area (Å²) >= 11 is 5.92. The third kappa shape index (κ3) is 3.87. The first kappa shape index (κ1) is 15.3. The fraction of sp³-hybridized carbons (Fsp3) is 0.462. The van der Waals surface area contributed by atoms with Gasteiger partial charge in [-0.05, 0) is 44.0 Å². The first-order valence-electron chi connectivity index (χ1n) is 5.94. The topological polar surface area (TPSA) is 41.1 Å². The number of aryl methyl sites for hydroxylation is 1. The third-order valence-electron chi connectivity index (χ3n) is 3.13. The minimum Gasteiger partial charge on any atom is -0.326 e. The summed E-state index contributed by atoms with van der Waals surface area (Å²) in [6.07, 6.45) is 2.02. The molecular weight excluding hydrogens is 271 g/mol. The third-order valence-corrected chi connectivity index (χ3v) is 3.36. The molecule has 3 nitrogen and oxygen atoms in total. The zero-order chi connectivity index (χ0) is 12.3. The van der Waals surface area contributed by atoms with E-state index in [-0.39, 0.29) is 24.2 Å². The van der Waals surface area contributed by atoms with Gasteiger partial charge in [0.2, 0.25) is 5.91 Å². The standard InChI is InChI=1S/C13H17ClN2O.ClH/c1-9-4-5-11(14)7-12(9)16-13(17)10-3-2-6-15-8-10;/h4-5,7,10,15H,2-3,6,8H2,1H3,(H,16,17);1H. The fourth-order valence-corrected chi connectivity index (χ4v) is 2.21. The number of carbonyl (C=O) groups excluding carboxylic acids is 1. The van der Waals surface area contributed by atoms with Crippen LogP contribution in [0.1, 0.15) is 18.4 Å². The molecule has 1 aliphatic rings. The van der Waals surface area contributed by atoms with E-state index >= 15 is 0 Å². The maximum Gasteiger partial charge on any atom is 0.228 e. The molecule has 1 fully saturated rings. The molecule has 0 spiro atoms. The molecule has 1 heterocycles. The minimum absolute atomic E-state index is 0. The maximum absolute atomic E-state index is 12.0. The van der Waals surface area contributed by atoms with E-state index in [4.69, 9.17) is 11.6 Å². The van der Waals surface area contributed by atoms with Gasteiger partial charge in [0.15, 0.2) is 0 Å². The molecule has 1 amide bonds.